The molecule has 1 aromatic carbocycles. The molecular weight excluding hydrogens is 318 g/mol. The van der Waals surface area contributed by atoms with Gasteiger partial charge < -0.3 is 14.2 Å². The van der Waals surface area contributed by atoms with Crippen LogP contribution in [-0.2, 0) is 19.7 Å². The number of nitrogens with zero attached hydrogens (tertiary/aromatic N) is 1. The average molecular weight is 345 g/mol. The maximum atomic E-state index is 12.6. The van der Waals surface area contributed by atoms with Gasteiger partial charge >= 0.3 is 5.97 Å². The number of methoxy groups -OCH3 is 1. The molecule has 5 nitrogen and oxygen atoms in total. The van der Waals surface area contributed by atoms with Crippen LogP contribution in [0.3, 0.4) is 0 Å². The molecule has 0 spiro atoms. The van der Waals surface area contributed by atoms with Crippen molar-refractivity contribution in [3.8, 4) is 11.8 Å². The zero-order valence-corrected chi connectivity index (χ0v) is 15.5. The van der Waals surface area contributed by atoms with Crippen LogP contribution in [0.1, 0.15) is 45.6 Å². The maximum absolute atomic E-state index is 12.6. The Morgan fingerprint density at radius 1 is 1.36 bits per heavy atom. The minimum atomic E-state index is -0.865. The van der Waals surface area contributed by atoms with Crippen molar-refractivity contribution < 1.29 is 19.0 Å². The number of esters is 1. The quantitative estimate of drug-likeness (QED) is 0.737. The smallest absolute Gasteiger partial charge is 0.324 e. The predicted molar refractivity (Wildman–Crippen MR) is 94.3 cm³/mol. The summed E-state index contributed by atoms with van der Waals surface area (Å²) >= 11 is 0. The third-order valence-electron chi connectivity index (χ3n) is 5.30. The first-order valence-electron chi connectivity index (χ1n) is 8.79. The number of hydrogen-bond donors (Lipinski definition) is 0. The molecule has 0 aliphatic carbocycles. The van der Waals surface area contributed by atoms with Crippen molar-refractivity contribution >= 4 is 5.97 Å². The summed E-state index contributed by atoms with van der Waals surface area (Å²) < 4.78 is 16.4. The van der Waals surface area contributed by atoms with Crippen LogP contribution in [0.2, 0.25) is 0 Å². The number of nitriles is 1. The van der Waals surface area contributed by atoms with E-state index in [9.17, 15) is 10.1 Å². The van der Waals surface area contributed by atoms with Gasteiger partial charge in [0, 0.05) is 12.0 Å². The fraction of sp³-hybridized carbons (Fsp3) is 0.600. The lowest BCUT2D eigenvalue weighted by Crippen LogP contribution is -2.51. The second-order valence-corrected chi connectivity index (χ2v) is 6.78. The summed E-state index contributed by atoms with van der Waals surface area (Å²) in [5, 5.41) is 9.83. The highest BCUT2D eigenvalue weighted by molar-refractivity contribution is 5.77. The zero-order chi connectivity index (χ0) is 18.5. The van der Waals surface area contributed by atoms with Crippen molar-refractivity contribution in [1.82, 2.24) is 0 Å². The fourth-order valence-corrected chi connectivity index (χ4v) is 3.72. The van der Waals surface area contributed by atoms with Crippen LogP contribution in [0.15, 0.2) is 24.3 Å². The minimum Gasteiger partial charge on any atom is -0.497 e. The molecule has 0 aromatic heterocycles. The monoisotopic (exact) mass is 345 g/mol. The SMILES string of the molecule is CCOC(=O)[C@H](C#N)[C@]1(c2ccc(OC)cc2)CCO[C@](C)(CC)C1. The summed E-state index contributed by atoms with van der Waals surface area (Å²) in [6.45, 7) is 6.64. The molecule has 0 N–H and O–H groups in total. The van der Waals surface area contributed by atoms with E-state index in [0.717, 1.165) is 17.7 Å². The van der Waals surface area contributed by atoms with Crippen LogP contribution in [0.4, 0.5) is 0 Å². The van der Waals surface area contributed by atoms with E-state index in [-0.39, 0.29) is 12.2 Å². The van der Waals surface area contributed by atoms with E-state index >= 15 is 0 Å². The van der Waals surface area contributed by atoms with Gasteiger partial charge in [0.2, 0.25) is 0 Å². The van der Waals surface area contributed by atoms with Gasteiger partial charge in [-0.15, -0.1) is 0 Å². The molecule has 0 amide bonds. The molecule has 1 aromatic rings. The van der Waals surface area contributed by atoms with Crippen LogP contribution < -0.4 is 4.74 Å². The Kier molecular flexibility index (Phi) is 6.07. The molecule has 1 fully saturated rings. The van der Waals surface area contributed by atoms with Gasteiger partial charge in [0.1, 0.15) is 5.75 Å². The highest BCUT2D eigenvalue weighted by Crippen LogP contribution is 2.48. The van der Waals surface area contributed by atoms with Crippen molar-refractivity contribution in [2.45, 2.75) is 51.0 Å². The number of rotatable bonds is 6. The molecule has 0 saturated carbocycles. The number of ether oxygens (including phenoxy) is 3. The zero-order valence-electron chi connectivity index (χ0n) is 15.5. The largest absolute Gasteiger partial charge is 0.497 e. The van der Waals surface area contributed by atoms with Crippen LogP contribution in [-0.4, -0.2) is 31.9 Å². The van der Waals surface area contributed by atoms with Gasteiger partial charge in [-0.25, -0.2) is 0 Å². The Labute approximate surface area is 149 Å². The molecule has 0 unspecified atom stereocenters. The van der Waals surface area contributed by atoms with Crippen LogP contribution >= 0.6 is 0 Å². The number of benzene rings is 1. The summed E-state index contributed by atoms with van der Waals surface area (Å²) in [5.41, 5.74) is -0.0494. The minimum absolute atomic E-state index is 0.261. The lowest BCUT2D eigenvalue weighted by Gasteiger charge is -2.47. The number of hydrogen-bond acceptors (Lipinski definition) is 5. The van der Waals surface area contributed by atoms with E-state index in [1.807, 2.05) is 31.2 Å². The topological polar surface area (TPSA) is 68.6 Å². The van der Waals surface area contributed by atoms with Crippen LogP contribution in [0.5, 0.6) is 5.75 Å². The van der Waals surface area contributed by atoms with Gasteiger partial charge in [-0.3, -0.25) is 4.79 Å². The Balaban J connectivity index is 2.53. The second-order valence-electron chi connectivity index (χ2n) is 6.78. The highest BCUT2D eigenvalue weighted by Gasteiger charge is 2.51. The molecule has 1 aliphatic rings. The van der Waals surface area contributed by atoms with Gasteiger partial charge in [-0.2, -0.15) is 5.26 Å². The third kappa shape index (κ3) is 3.80. The van der Waals surface area contributed by atoms with E-state index in [2.05, 4.69) is 13.0 Å². The Hall–Kier alpha value is -2.06. The summed E-state index contributed by atoms with van der Waals surface area (Å²) in [6, 6.07) is 9.86. The number of carbonyl (C=O) groups excluding carboxylic acids is 1. The normalized spacial score (nSPS) is 27.2. The van der Waals surface area contributed by atoms with Crippen molar-refractivity contribution in [3.63, 3.8) is 0 Å². The van der Waals surface area contributed by atoms with Gasteiger partial charge in [0.25, 0.3) is 0 Å². The maximum Gasteiger partial charge on any atom is 0.324 e. The second kappa shape index (κ2) is 7.88. The van der Waals surface area contributed by atoms with Gasteiger partial charge in [-0.1, -0.05) is 19.1 Å². The van der Waals surface area contributed by atoms with E-state index < -0.39 is 17.3 Å². The summed E-state index contributed by atoms with van der Waals surface area (Å²) in [5.74, 6) is -0.578. The van der Waals surface area contributed by atoms with Crippen LogP contribution in [0, 0.1) is 17.2 Å². The summed E-state index contributed by atoms with van der Waals surface area (Å²) in [4.78, 5) is 12.6. The molecule has 1 heterocycles. The summed E-state index contributed by atoms with van der Waals surface area (Å²) in [7, 11) is 1.62. The third-order valence-corrected chi connectivity index (χ3v) is 5.30. The highest BCUT2D eigenvalue weighted by atomic mass is 16.5. The Morgan fingerprint density at radius 2 is 2.04 bits per heavy atom. The predicted octanol–water partition coefficient (Wildman–Crippen LogP) is 3.61. The average Bonchev–Trinajstić information content (AvgIpc) is 2.62. The van der Waals surface area contributed by atoms with Gasteiger partial charge in [0.15, 0.2) is 5.92 Å². The number of carbonyl (C=O) groups is 1. The molecule has 1 saturated heterocycles. The molecule has 3 atom stereocenters. The fourth-order valence-electron chi connectivity index (χ4n) is 3.72. The molecule has 25 heavy (non-hydrogen) atoms. The molecule has 1 aliphatic heterocycles. The van der Waals surface area contributed by atoms with Gasteiger partial charge in [-0.05, 0) is 50.8 Å². The Morgan fingerprint density at radius 3 is 2.56 bits per heavy atom. The van der Waals surface area contributed by atoms with Crippen molar-refractivity contribution in [2.24, 2.45) is 5.92 Å². The molecular formula is C20H27NO4. The van der Waals surface area contributed by atoms with E-state index in [1.54, 1.807) is 14.0 Å². The van der Waals surface area contributed by atoms with Crippen molar-refractivity contribution in [1.29, 1.82) is 5.26 Å². The van der Waals surface area contributed by atoms with Crippen molar-refractivity contribution in [2.75, 3.05) is 20.3 Å². The van der Waals surface area contributed by atoms with Gasteiger partial charge in [0.05, 0.1) is 25.4 Å². The lowest BCUT2D eigenvalue weighted by atomic mass is 9.61. The first kappa shape index (κ1) is 19.3. The van der Waals surface area contributed by atoms with E-state index in [0.29, 0.717) is 19.4 Å². The van der Waals surface area contributed by atoms with Crippen LogP contribution in [0.25, 0.3) is 0 Å². The molecule has 0 bridgehead atoms. The Bertz CT molecular complexity index is 636. The first-order valence-corrected chi connectivity index (χ1v) is 8.79. The van der Waals surface area contributed by atoms with E-state index in [1.165, 1.54) is 0 Å². The molecule has 2 rings (SSSR count). The first-order chi connectivity index (χ1) is 11.9. The molecule has 5 heteroatoms. The molecule has 0 radical (unpaired) electrons. The lowest BCUT2D eigenvalue weighted by molar-refractivity contribution is -0.154. The van der Waals surface area contributed by atoms with E-state index in [4.69, 9.17) is 14.2 Å². The summed E-state index contributed by atoms with van der Waals surface area (Å²) in [6.07, 6.45) is 2.01. The molecule has 136 valence electrons. The standard InChI is InChI=1S/C20H27NO4/c1-5-19(3)14-20(11-12-25-19,17(13-21)18(22)24-6-2)15-7-9-16(23-4)10-8-15/h7-10,17H,5-6,11-12,14H2,1-4H3/t17-,19+,20+/m0/s1. The van der Waals surface area contributed by atoms with Crippen molar-refractivity contribution in [3.05, 3.63) is 29.8 Å².